The molecule has 1 aliphatic carbocycles. The number of rotatable bonds is 3. The van der Waals surface area contributed by atoms with Crippen molar-refractivity contribution in [3.8, 4) is 0 Å². The average Bonchev–Trinajstić information content (AvgIpc) is 2.91. The van der Waals surface area contributed by atoms with Gasteiger partial charge in [0.2, 0.25) is 0 Å². The highest BCUT2D eigenvalue weighted by Gasteiger charge is 2.38. The maximum Gasteiger partial charge on any atom is 0.0459 e. The van der Waals surface area contributed by atoms with Gasteiger partial charge in [0.15, 0.2) is 0 Å². The first-order chi connectivity index (χ1) is 10.3. The van der Waals surface area contributed by atoms with Crippen LogP contribution in [0.15, 0.2) is 24.4 Å². The molecule has 2 heterocycles. The summed E-state index contributed by atoms with van der Waals surface area (Å²) in [6.07, 6.45) is 7.05. The number of hydrogen-bond acceptors (Lipinski definition) is 2. The Kier molecular flexibility index (Phi) is 3.35. The summed E-state index contributed by atoms with van der Waals surface area (Å²) >= 11 is 5.01. The Morgan fingerprint density at radius 2 is 2.33 bits per heavy atom. The van der Waals surface area contributed by atoms with Crippen molar-refractivity contribution in [1.82, 2.24) is 9.88 Å². The van der Waals surface area contributed by atoms with Crippen LogP contribution in [-0.2, 0) is 6.42 Å². The molecule has 1 saturated heterocycles. The molecule has 2 aliphatic rings. The summed E-state index contributed by atoms with van der Waals surface area (Å²) in [5.74, 6) is 1.47. The number of hydrogen-bond donors (Lipinski definition) is 1. The van der Waals surface area contributed by atoms with Crippen LogP contribution >= 0.6 is 12.2 Å². The predicted octanol–water partition coefficient (Wildman–Crippen LogP) is 3.91. The molecule has 4 rings (SSSR count). The molecule has 110 valence electrons. The van der Waals surface area contributed by atoms with Crippen LogP contribution in [0.5, 0.6) is 0 Å². The smallest absolute Gasteiger partial charge is 0.0459 e. The van der Waals surface area contributed by atoms with Crippen molar-refractivity contribution in [2.75, 3.05) is 13.6 Å². The molecule has 2 aromatic rings. The van der Waals surface area contributed by atoms with E-state index in [2.05, 4.69) is 41.3 Å². The molecule has 1 N–H and O–H groups in total. The molecule has 0 spiro atoms. The van der Waals surface area contributed by atoms with Crippen LogP contribution in [-0.4, -0.2) is 34.9 Å². The SMILES string of the molecule is CN1CC(CCC=S)CC2c3cccc4[nH]cc(c34)C[C@H]21. The van der Waals surface area contributed by atoms with E-state index >= 15 is 0 Å². The van der Waals surface area contributed by atoms with Crippen LogP contribution in [0.4, 0.5) is 0 Å². The van der Waals surface area contributed by atoms with Crippen molar-refractivity contribution in [1.29, 1.82) is 0 Å². The first-order valence-electron chi connectivity index (χ1n) is 8.00. The zero-order valence-corrected chi connectivity index (χ0v) is 13.3. The molecular weight excluding hydrogens is 276 g/mol. The fraction of sp³-hybridized carbons (Fsp3) is 0.500. The van der Waals surface area contributed by atoms with Gasteiger partial charge in [0.1, 0.15) is 0 Å². The van der Waals surface area contributed by atoms with Crippen molar-refractivity contribution in [2.24, 2.45) is 5.92 Å². The Bertz CT molecular complexity index is 675. The number of likely N-dealkylation sites (tertiary alicyclic amines) is 1. The van der Waals surface area contributed by atoms with Crippen LogP contribution < -0.4 is 0 Å². The molecule has 0 amide bonds. The topological polar surface area (TPSA) is 19.0 Å². The van der Waals surface area contributed by atoms with Gasteiger partial charge in [-0.05, 0) is 61.2 Å². The molecule has 2 unspecified atom stereocenters. The third-order valence-electron chi connectivity index (χ3n) is 5.51. The van der Waals surface area contributed by atoms with E-state index in [-0.39, 0.29) is 0 Å². The first kappa shape index (κ1) is 13.5. The maximum atomic E-state index is 5.01. The Labute approximate surface area is 131 Å². The second kappa shape index (κ2) is 5.22. The molecule has 1 fully saturated rings. The lowest BCUT2D eigenvalue weighted by molar-refractivity contribution is 0.109. The van der Waals surface area contributed by atoms with Crippen LogP contribution in [0.3, 0.4) is 0 Å². The van der Waals surface area contributed by atoms with Gasteiger partial charge in [-0.25, -0.2) is 0 Å². The molecule has 21 heavy (non-hydrogen) atoms. The predicted molar refractivity (Wildman–Crippen MR) is 92.2 cm³/mol. The summed E-state index contributed by atoms with van der Waals surface area (Å²) < 4.78 is 0. The molecule has 0 bridgehead atoms. The summed E-state index contributed by atoms with van der Waals surface area (Å²) in [4.78, 5) is 6.05. The number of fused-ring (bicyclic) bond motifs is 2. The number of aromatic nitrogens is 1. The fourth-order valence-corrected chi connectivity index (χ4v) is 4.70. The number of aromatic amines is 1. The van der Waals surface area contributed by atoms with Crippen molar-refractivity contribution in [3.05, 3.63) is 35.5 Å². The summed E-state index contributed by atoms with van der Waals surface area (Å²) in [5, 5.41) is 3.40. The van der Waals surface area contributed by atoms with Gasteiger partial charge in [-0.1, -0.05) is 24.4 Å². The molecular formula is C18H22N2S. The number of nitrogens with zero attached hydrogens (tertiary/aromatic N) is 1. The van der Waals surface area contributed by atoms with Crippen molar-refractivity contribution in [2.45, 2.75) is 37.6 Å². The quantitative estimate of drug-likeness (QED) is 0.866. The summed E-state index contributed by atoms with van der Waals surface area (Å²) in [6.45, 7) is 1.22. The lowest BCUT2D eigenvalue weighted by Crippen LogP contribution is -2.47. The Morgan fingerprint density at radius 3 is 3.19 bits per heavy atom. The van der Waals surface area contributed by atoms with Gasteiger partial charge < -0.3 is 9.88 Å². The number of H-pyrrole nitrogens is 1. The van der Waals surface area contributed by atoms with Gasteiger partial charge in [0.25, 0.3) is 0 Å². The summed E-state index contributed by atoms with van der Waals surface area (Å²) in [5.41, 5.74) is 4.38. The fourth-order valence-electron chi connectivity index (χ4n) is 4.57. The van der Waals surface area contributed by atoms with Crippen LogP contribution in [0, 0.1) is 5.92 Å². The molecule has 3 atom stereocenters. The highest BCUT2D eigenvalue weighted by Crippen LogP contribution is 2.44. The minimum Gasteiger partial charge on any atom is -0.361 e. The van der Waals surface area contributed by atoms with E-state index in [9.17, 15) is 0 Å². The van der Waals surface area contributed by atoms with Gasteiger partial charge in [-0.2, -0.15) is 0 Å². The zero-order chi connectivity index (χ0) is 14.4. The normalized spacial score (nSPS) is 28.5. The molecule has 3 heteroatoms. The van der Waals surface area contributed by atoms with Gasteiger partial charge >= 0.3 is 0 Å². The standard InChI is InChI=1S/C18H22N2S/c1-20-11-12(4-3-7-21)8-15-14-5-2-6-16-18(14)13(10-19-16)9-17(15)20/h2,5-7,10,12,15,17,19H,3-4,8-9,11H2,1H3/t12?,15?,17-/m1/s1. The van der Waals surface area contributed by atoms with Gasteiger partial charge in [0, 0.05) is 35.6 Å². The summed E-state index contributed by atoms with van der Waals surface area (Å²) in [7, 11) is 2.30. The van der Waals surface area contributed by atoms with E-state index in [4.69, 9.17) is 12.2 Å². The lowest BCUT2D eigenvalue weighted by Gasteiger charge is -2.45. The Morgan fingerprint density at radius 1 is 1.43 bits per heavy atom. The number of piperidine rings is 1. The lowest BCUT2D eigenvalue weighted by atomic mass is 9.72. The zero-order valence-electron chi connectivity index (χ0n) is 12.5. The molecule has 2 nitrogen and oxygen atoms in total. The second-order valence-electron chi connectivity index (χ2n) is 6.75. The van der Waals surface area contributed by atoms with Gasteiger partial charge in [-0.3, -0.25) is 0 Å². The van der Waals surface area contributed by atoms with E-state index in [0.29, 0.717) is 12.0 Å². The average molecular weight is 298 g/mol. The molecule has 0 saturated carbocycles. The number of nitrogens with one attached hydrogen (secondary N) is 1. The van der Waals surface area contributed by atoms with Crippen molar-refractivity contribution < 1.29 is 0 Å². The number of likely N-dealkylation sites (N-methyl/N-ethyl adjacent to an activating group) is 1. The first-order valence-corrected chi connectivity index (χ1v) is 8.48. The molecule has 0 radical (unpaired) electrons. The van der Waals surface area contributed by atoms with Crippen LogP contribution in [0.1, 0.15) is 36.3 Å². The Balaban J connectivity index is 1.72. The molecule has 1 aliphatic heterocycles. The third kappa shape index (κ3) is 2.14. The van der Waals surface area contributed by atoms with E-state index in [1.54, 1.807) is 5.56 Å². The van der Waals surface area contributed by atoms with Crippen LogP contribution in [0.25, 0.3) is 10.9 Å². The number of benzene rings is 1. The number of thiocarbonyl (C=S) groups is 1. The Hall–Kier alpha value is -1.19. The van der Waals surface area contributed by atoms with Crippen molar-refractivity contribution >= 4 is 28.5 Å². The van der Waals surface area contributed by atoms with Crippen molar-refractivity contribution in [3.63, 3.8) is 0 Å². The van der Waals surface area contributed by atoms with Gasteiger partial charge in [0.05, 0.1) is 0 Å². The van der Waals surface area contributed by atoms with E-state index in [1.807, 2.05) is 5.37 Å². The largest absolute Gasteiger partial charge is 0.361 e. The minimum absolute atomic E-state index is 0.669. The monoisotopic (exact) mass is 298 g/mol. The third-order valence-corrected chi connectivity index (χ3v) is 5.74. The highest BCUT2D eigenvalue weighted by atomic mass is 32.1. The van der Waals surface area contributed by atoms with Crippen LogP contribution in [0.2, 0.25) is 0 Å². The molecule has 1 aromatic carbocycles. The summed E-state index contributed by atoms with van der Waals surface area (Å²) in [6, 6.07) is 7.44. The van der Waals surface area contributed by atoms with Gasteiger partial charge in [-0.15, -0.1) is 0 Å². The molecule has 1 aromatic heterocycles. The minimum atomic E-state index is 0.669. The second-order valence-corrected chi connectivity index (χ2v) is 7.08. The van der Waals surface area contributed by atoms with E-state index in [0.717, 1.165) is 12.3 Å². The van der Waals surface area contributed by atoms with E-state index < -0.39 is 0 Å². The maximum absolute atomic E-state index is 5.01. The van der Waals surface area contributed by atoms with E-state index in [1.165, 1.54) is 42.3 Å². The highest BCUT2D eigenvalue weighted by molar-refractivity contribution is 7.78.